The quantitative estimate of drug-likeness (QED) is 0.308. The van der Waals surface area contributed by atoms with Crippen LogP contribution in [0.5, 0.6) is 17.2 Å². The molecule has 3 aromatic carbocycles. The smallest absolute Gasteiger partial charge is 0.185 e. The molecule has 0 aliphatic rings. The minimum Gasteiger partial charge on any atom is -0.508 e. The van der Waals surface area contributed by atoms with Gasteiger partial charge in [-0.05, 0) is 48.0 Å². The molecule has 0 saturated carbocycles. The molecule has 0 spiro atoms. The predicted octanol–water partition coefficient (Wildman–Crippen LogP) is 6.84. The van der Waals surface area contributed by atoms with Crippen molar-refractivity contribution < 1.29 is 19.4 Å². The first-order valence-corrected chi connectivity index (χ1v) is 9.96. The lowest BCUT2D eigenvalue weighted by atomic mass is 10.1. The molecule has 0 fully saturated rings. The summed E-state index contributed by atoms with van der Waals surface area (Å²) in [5, 5.41) is 10.5. The number of carbonyl (C=O) groups excluding carboxylic acids is 1. The number of hydrogen-bond donors (Lipinski definition) is 1. The molecule has 3 rings (SSSR count). The highest BCUT2D eigenvalue weighted by atomic mass is 35.5. The zero-order valence-corrected chi connectivity index (χ0v) is 18.1. The van der Waals surface area contributed by atoms with Gasteiger partial charge < -0.3 is 14.6 Å². The summed E-state index contributed by atoms with van der Waals surface area (Å²) in [5.74, 6) is 0.759. The van der Waals surface area contributed by atoms with Gasteiger partial charge in [-0.2, -0.15) is 0 Å². The van der Waals surface area contributed by atoms with E-state index in [4.69, 9.17) is 44.3 Å². The minimum absolute atomic E-state index is 0.0395. The molecule has 30 heavy (non-hydrogen) atoms. The van der Waals surface area contributed by atoms with Crippen molar-refractivity contribution in [2.45, 2.75) is 6.61 Å². The Morgan fingerprint density at radius 3 is 2.43 bits per heavy atom. The largest absolute Gasteiger partial charge is 0.508 e. The molecule has 3 aromatic rings. The molecule has 0 bridgehead atoms. The van der Waals surface area contributed by atoms with Gasteiger partial charge in [0.1, 0.15) is 18.1 Å². The number of ketones is 1. The number of aromatic hydroxyl groups is 1. The molecule has 0 aliphatic heterocycles. The highest BCUT2D eigenvalue weighted by Gasteiger charge is 2.12. The summed E-state index contributed by atoms with van der Waals surface area (Å²) >= 11 is 18.3. The van der Waals surface area contributed by atoms with Gasteiger partial charge >= 0.3 is 0 Å². The Kier molecular flexibility index (Phi) is 7.27. The Balaban J connectivity index is 1.79. The summed E-state index contributed by atoms with van der Waals surface area (Å²) in [6, 6.07) is 14.7. The lowest BCUT2D eigenvalue weighted by Crippen LogP contribution is -2.00. The predicted molar refractivity (Wildman–Crippen MR) is 120 cm³/mol. The molecule has 4 nitrogen and oxygen atoms in total. The number of methoxy groups -OCH3 is 1. The van der Waals surface area contributed by atoms with E-state index in [1.807, 2.05) is 12.1 Å². The molecule has 0 aromatic heterocycles. The van der Waals surface area contributed by atoms with E-state index in [-0.39, 0.29) is 18.1 Å². The fourth-order valence-electron chi connectivity index (χ4n) is 2.76. The van der Waals surface area contributed by atoms with Crippen LogP contribution in [0.15, 0.2) is 60.7 Å². The Bertz CT molecular complexity index is 1090. The standard InChI is InChI=1S/C23H17Cl3O4/c1-29-22-8-6-14(5-7-21(28)15-3-2-4-18(27)10-15)9-16(22)13-30-23-19(25)11-17(24)12-20(23)26/h2-12,27H,13H2,1H3/b7-5+. The molecule has 0 heterocycles. The fourth-order valence-corrected chi connectivity index (χ4v) is 3.69. The SMILES string of the molecule is COc1ccc(/C=C/C(=O)c2cccc(O)c2)cc1COc1c(Cl)cc(Cl)cc1Cl. The molecule has 0 amide bonds. The highest BCUT2D eigenvalue weighted by Crippen LogP contribution is 2.36. The van der Waals surface area contributed by atoms with Crippen LogP contribution in [0.4, 0.5) is 0 Å². The zero-order valence-electron chi connectivity index (χ0n) is 15.9. The van der Waals surface area contributed by atoms with Gasteiger partial charge in [-0.1, -0.05) is 59.1 Å². The third-order valence-electron chi connectivity index (χ3n) is 4.20. The number of benzene rings is 3. The summed E-state index contributed by atoms with van der Waals surface area (Å²) < 4.78 is 11.2. The molecule has 0 saturated heterocycles. The zero-order chi connectivity index (χ0) is 21.7. The van der Waals surface area contributed by atoms with Crippen molar-refractivity contribution in [3.63, 3.8) is 0 Å². The molecule has 0 radical (unpaired) electrons. The number of allylic oxidation sites excluding steroid dienone is 1. The molecule has 154 valence electrons. The lowest BCUT2D eigenvalue weighted by molar-refractivity contribution is 0.104. The van der Waals surface area contributed by atoms with Gasteiger partial charge in [-0.3, -0.25) is 4.79 Å². The molecule has 0 atom stereocenters. The fraction of sp³-hybridized carbons (Fsp3) is 0.0870. The second-order valence-corrected chi connectivity index (χ2v) is 7.56. The van der Waals surface area contributed by atoms with Gasteiger partial charge in [-0.25, -0.2) is 0 Å². The van der Waals surface area contributed by atoms with E-state index in [0.717, 1.165) is 11.1 Å². The van der Waals surface area contributed by atoms with Crippen molar-refractivity contribution in [2.24, 2.45) is 0 Å². The number of halogens is 3. The van der Waals surface area contributed by atoms with Crippen LogP contribution in [-0.4, -0.2) is 18.0 Å². The second kappa shape index (κ2) is 9.90. The topological polar surface area (TPSA) is 55.8 Å². The summed E-state index contributed by atoms with van der Waals surface area (Å²) in [4.78, 5) is 12.3. The first-order valence-electron chi connectivity index (χ1n) is 8.83. The van der Waals surface area contributed by atoms with Crippen LogP contribution in [-0.2, 0) is 6.61 Å². The number of ether oxygens (including phenoxy) is 2. The Labute approximate surface area is 189 Å². The van der Waals surface area contributed by atoms with Crippen LogP contribution in [0.25, 0.3) is 6.08 Å². The van der Waals surface area contributed by atoms with E-state index < -0.39 is 0 Å². The van der Waals surface area contributed by atoms with Gasteiger partial charge in [0.25, 0.3) is 0 Å². The van der Waals surface area contributed by atoms with Crippen LogP contribution in [0.3, 0.4) is 0 Å². The van der Waals surface area contributed by atoms with E-state index in [1.54, 1.807) is 43.5 Å². The number of phenolic OH excluding ortho intramolecular Hbond substituents is 1. The second-order valence-electron chi connectivity index (χ2n) is 6.31. The van der Waals surface area contributed by atoms with Crippen molar-refractivity contribution in [3.05, 3.63) is 92.4 Å². The lowest BCUT2D eigenvalue weighted by Gasteiger charge is -2.13. The average molecular weight is 464 g/mol. The van der Waals surface area contributed by atoms with Crippen molar-refractivity contribution >= 4 is 46.7 Å². The van der Waals surface area contributed by atoms with Crippen LogP contribution >= 0.6 is 34.8 Å². The average Bonchev–Trinajstić information content (AvgIpc) is 2.71. The number of rotatable bonds is 7. The maximum Gasteiger partial charge on any atom is 0.185 e. The molecule has 7 heteroatoms. The van der Waals surface area contributed by atoms with Crippen molar-refractivity contribution in [1.29, 1.82) is 0 Å². The summed E-state index contributed by atoms with van der Waals surface area (Å²) in [5.41, 5.74) is 1.91. The summed E-state index contributed by atoms with van der Waals surface area (Å²) in [6.07, 6.45) is 3.12. The van der Waals surface area contributed by atoms with Crippen LogP contribution in [0.2, 0.25) is 15.1 Å². The monoisotopic (exact) mass is 462 g/mol. The van der Waals surface area contributed by atoms with Crippen molar-refractivity contribution in [1.82, 2.24) is 0 Å². The summed E-state index contributed by atoms with van der Waals surface area (Å²) in [6.45, 7) is 0.145. The highest BCUT2D eigenvalue weighted by molar-refractivity contribution is 6.40. The van der Waals surface area contributed by atoms with Gasteiger partial charge in [-0.15, -0.1) is 0 Å². The van der Waals surface area contributed by atoms with Gasteiger partial charge in [0.2, 0.25) is 0 Å². The summed E-state index contributed by atoms with van der Waals surface area (Å²) in [7, 11) is 1.56. The minimum atomic E-state index is -0.223. The van der Waals surface area contributed by atoms with Gasteiger partial charge in [0.15, 0.2) is 11.5 Å². The third-order valence-corrected chi connectivity index (χ3v) is 4.98. The number of phenols is 1. The van der Waals surface area contributed by atoms with Crippen molar-refractivity contribution in [3.8, 4) is 17.2 Å². The van der Waals surface area contributed by atoms with Crippen LogP contribution in [0.1, 0.15) is 21.5 Å². The van der Waals surface area contributed by atoms with E-state index in [0.29, 0.717) is 32.1 Å². The number of hydrogen-bond acceptors (Lipinski definition) is 4. The first kappa shape index (κ1) is 22.0. The maximum absolute atomic E-state index is 12.3. The molecule has 0 aliphatic carbocycles. The van der Waals surface area contributed by atoms with Crippen LogP contribution in [0, 0.1) is 0 Å². The first-order chi connectivity index (χ1) is 14.4. The third kappa shape index (κ3) is 5.48. The molecular weight excluding hydrogens is 447 g/mol. The van der Waals surface area contributed by atoms with E-state index >= 15 is 0 Å². The van der Waals surface area contributed by atoms with E-state index in [1.165, 1.54) is 18.2 Å². The number of carbonyl (C=O) groups is 1. The Hall–Kier alpha value is -2.66. The molecule has 1 N–H and O–H groups in total. The van der Waals surface area contributed by atoms with Crippen molar-refractivity contribution in [2.75, 3.05) is 7.11 Å². The normalized spacial score (nSPS) is 10.9. The van der Waals surface area contributed by atoms with Gasteiger partial charge in [0.05, 0.1) is 17.2 Å². The van der Waals surface area contributed by atoms with E-state index in [2.05, 4.69) is 0 Å². The maximum atomic E-state index is 12.3. The van der Waals surface area contributed by atoms with E-state index in [9.17, 15) is 9.90 Å². The molecular formula is C23H17Cl3O4. The Morgan fingerprint density at radius 2 is 1.77 bits per heavy atom. The van der Waals surface area contributed by atoms with Gasteiger partial charge in [0, 0.05) is 16.1 Å². The Morgan fingerprint density at radius 1 is 1.03 bits per heavy atom. The molecule has 0 unspecified atom stereocenters. The van der Waals surface area contributed by atoms with Crippen LogP contribution < -0.4 is 9.47 Å².